The van der Waals surface area contributed by atoms with Crippen molar-refractivity contribution in [2.24, 2.45) is 11.7 Å². The lowest BCUT2D eigenvalue weighted by atomic mass is 10.0. The Morgan fingerprint density at radius 2 is 1.57 bits per heavy atom. The first-order valence-electron chi connectivity index (χ1n) is 7.60. The van der Waals surface area contributed by atoms with E-state index in [-0.39, 0.29) is 0 Å². The predicted octanol–water partition coefficient (Wildman–Crippen LogP) is 2.85. The van der Waals surface area contributed by atoms with Crippen molar-refractivity contribution in [1.29, 1.82) is 0 Å². The minimum Gasteiger partial charge on any atom is -0.416 e. The van der Waals surface area contributed by atoms with Crippen molar-refractivity contribution < 1.29 is 4.42 Å². The molecular formula is C17H19N5O. The number of hydrogen-bond donors (Lipinski definition) is 1. The Hall–Kier alpha value is -2.60. The molecule has 0 saturated carbocycles. The van der Waals surface area contributed by atoms with E-state index in [1.165, 1.54) is 5.56 Å². The van der Waals surface area contributed by atoms with Gasteiger partial charge in [0.15, 0.2) is 0 Å². The van der Waals surface area contributed by atoms with E-state index in [4.69, 9.17) is 10.2 Å². The van der Waals surface area contributed by atoms with Gasteiger partial charge in [0.1, 0.15) is 5.82 Å². The molecule has 0 amide bonds. The third-order valence-corrected chi connectivity index (χ3v) is 3.40. The monoisotopic (exact) mass is 309 g/mol. The van der Waals surface area contributed by atoms with Crippen LogP contribution in [0.25, 0.3) is 22.9 Å². The maximum Gasteiger partial charge on any atom is 0.251 e. The van der Waals surface area contributed by atoms with Crippen LogP contribution in [-0.4, -0.2) is 20.2 Å². The van der Waals surface area contributed by atoms with Crippen molar-refractivity contribution in [2.45, 2.75) is 26.8 Å². The Labute approximate surface area is 134 Å². The highest BCUT2D eigenvalue weighted by molar-refractivity contribution is 5.56. The van der Waals surface area contributed by atoms with Crippen molar-refractivity contribution in [2.75, 3.05) is 0 Å². The van der Waals surface area contributed by atoms with Crippen LogP contribution in [0.4, 0.5) is 0 Å². The van der Waals surface area contributed by atoms with Gasteiger partial charge < -0.3 is 10.2 Å². The van der Waals surface area contributed by atoms with E-state index in [2.05, 4.69) is 46.1 Å². The summed E-state index contributed by atoms with van der Waals surface area (Å²) < 4.78 is 5.72. The summed E-state index contributed by atoms with van der Waals surface area (Å²) in [6, 6.07) is 8.20. The molecule has 0 saturated heterocycles. The maximum atomic E-state index is 5.72. The Morgan fingerprint density at radius 3 is 2.13 bits per heavy atom. The zero-order valence-electron chi connectivity index (χ0n) is 13.2. The van der Waals surface area contributed by atoms with Crippen molar-refractivity contribution in [1.82, 2.24) is 20.2 Å². The lowest BCUT2D eigenvalue weighted by Crippen LogP contribution is -2.02. The number of rotatable bonds is 5. The van der Waals surface area contributed by atoms with Gasteiger partial charge in [-0.15, -0.1) is 10.2 Å². The highest BCUT2D eigenvalue weighted by Gasteiger charge is 2.11. The van der Waals surface area contributed by atoms with Crippen LogP contribution in [0.15, 0.2) is 41.1 Å². The van der Waals surface area contributed by atoms with Crippen molar-refractivity contribution in [3.63, 3.8) is 0 Å². The molecule has 23 heavy (non-hydrogen) atoms. The molecule has 0 spiro atoms. The van der Waals surface area contributed by atoms with Gasteiger partial charge in [-0.2, -0.15) is 0 Å². The molecule has 6 heteroatoms. The highest BCUT2D eigenvalue weighted by atomic mass is 16.4. The fraction of sp³-hybridized carbons (Fsp3) is 0.294. The Balaban J connectivity index is 1.80. The van der Waals surface area contributed by atoms with Gasteiger partial charge in [-0.05, 0) is 30.0 Å². The molecule has 6 nitrogen and oxygen atoms in total. The molecule has 0 radical (unpaired) electrons. The predicted molar refractivity (Wildman–Crippen MR) is 87.2 cm³/mol. The number of benzene rings is 1. The summed E-state index contributed by atoms with van der Waals surface area (Å²) in [6.45, 7) is 4.71. The molecule has 2 heterocycles. The number of nitrogens with zero attached hydrogens (tertiary/aromatic N) is 4. The van der Waals surface area contributed by atoms with E-state index in [0.717, 1.165) is 12.0 Å². The van der Waals surface area contributed by atoms with Crippen LogP contribution in [0.1, 0.15) is 25.2 Å². The highest BCUT2D eigenvalue weighted by Crippen LogP contribution is 2.23. The molecule has 1 aromatic carbocycles. The molecule has 2 N–H and O–H groups in total. The molecule has 0 aliphatic heterocycles. The number of nitrogens with two attached hydrogens (primary N) is 1. The first kappa shape index (κ1) is 15.3. The summed E-state index contributed by atoms with van der Waals surface area (Å²) in [7, 11) is 0. The molecule has 0 fully saturated rings. The fourth-order valence-electron chi connectivity index (χ4n) is 2.28. The zero-order valence-corrected chi connectivity index (χ0v) is 13.2. The molecule has 2 aromatic heterocycles. The number of hydrogen-bond acceptors (Lipinski definition) is 6. The molecule has 0 unspecified atom stereocenters. The lowest BCUT2D eigenvalue weighted by Gasteiger charge is -2.04. The Bertz CT molecular complexity index is 762. The molecule has 118 valence electrons. The van der Waals surface area contributed by atoms with Gasteiger partial charge in [-0.3, -0.25) is 0 Å². The minimum absolute atomic E-state index is 0.304. The van der Waals surface area contributed by atoms with Crippen LogP contribution in [0.3, 0.4) is 0 Å². The summed E-state index contributed by atoms with van der Waals surface area (Å²) in [5.74, 6) is 2.09. The fourth-order valence-corrected chi connectivity index (χ4v) is 2.28. The summed E-state index contributed by atoms with van der Waals surface area (Å²) in [6.07, 6.45) is 4.33. The molecule has 3 aromatic rings. The molecule has 0 aliphatic carbocycles. The van der Waals surface area contributed by atoms with E-state index in [9.17, 15) is 0 Å². The van der Waals surface area contributed by atoms with Crippen molar-refractivity contribution in [3.8, 4) is 22.9 Å². The average molecular weight is 309 g/mol. The van der Waals surface area contributed by atoms with E-state index < -0.39 is 0 Å². The van der Waals surface area contributed by atoms with E-state index in [0.29, 0.717) is 35.6 Å². The van der Waals surface area contributed by atoms with E-state index in [1.54, 1.807) is 12.4 Å². The van der Waals surface area contributed by atoms with E-state index >= 15 is 0 Å². The van der Waals surface area contributed by atoms with Crippen molar-refractivity contribution in [3.05, 3.63) is 48.0 Å². The standard InChI is InChI=1S/C17H19N5O/c1-11(2)7-12-3-5-13(6-4-12)16-21-22-17(23-16)14-9-19-15(8-18)20-10-14/h3-6,9-11H,7-8,18H2,1-2H3. The van der Waals surface area contributed by atoms with Gasteiger partial charge in [0, 0.05) is 18.0 Å². The van der Waals surface area contributed by atoms with Gasteiger partial charge in [-0.1, -0.05) is 26.0 Å². The van der Waals surface area contributed by atoms with Gasteiger partial charge in [0.25, 0.3) is 5.89 Å². The smallest absolute Gasteiger partial charge is 0.251 e. The zero-order chi connectivity index (χ0) is 16.2. The number of aromatic nitrogens is 4. The van der Waals surface area contributed by atoms with Gasteiger partial charge in [0.05, 0.1) is 12.1 Å². The van der Waals surface area contributed by atoms with E-state index in [1.807, 2.05) is 12.1 Å². The molecule has 0 aliphatic rings. The Kier molecular flexibility index (Phi) is 4.43. The second kappa shape index (κ2) is 6.66. The van der Waals surface area contributed by atoms with Crippen LogP contribution in [0.5, 0.6) is 0 Å². The van der Waals surface area contributed by atoms with Gasteiger partial charge in [-0.25, -0.2) is 9.97 Å². The SMILES string of the molecule is CC(C)Cc1ccc(-c2nnc(-c3cnc(CN)nc3)o2)cc1. The van der Waals surface area contributed by atoms with Crippen molar-refractivity contribution >= 4 is 0 Å². The maximum absolute atomic E-state index is 5.72. The second-order valence-corrected chi connectivity index (χ2v) is 5.80. The van der Waals surface area contributed by atoms with Crippen LogP contribution in [-0.2, 0) is 13.0 Å². The lowest BCUT2D eigenvalue weighted by molar-refractivity contribution is 0.583. The second-order valence-electron chi connectivity index (χ2n) is 5.80. The molecule has 0 bridgehead atoms. The van der Waals surface area contributed by atoms with Gasteiger partial charge in [0.2, 0.25) is 5.89 Å². The first-order valence-corrected chi connectivity index (χ1v) is 7.60. The quantitative estimate of drug-likeness (QED) is 0.779. The average Bonchev–Trinajstić information content (AvgIpc) is 3.05. The van der Waals surface area contributed by atoms with Gasteiger partial charge >= 0.3 is 0 Å². The third kappa shape index (κ3) is 3.60. The topological polar surface area (TPSA) is 90.7 Å². The first-order chi connectivity index (χ1) is 11.2. The summed E-state index contributed by atoms with van der Waals surface area (Å²) in [5.41, 5.74) is 8.36. The van der Waals surface area contributed by atoms with Crippen LogP contribution in [0, 0.1) is 5.92 Å². The Morgan fingerprint density at radius 1 is 0.957 bits per heavy atom. The molecular weight excluding hydrogens is 290 g/mol. The largest absolute Gasteiger partial charge is 0.416 e. The van der Waals surface area contributed by atoms with Crippen LogP contribution in [0.2, 0.25) is 0 Å². The normalized spacial score (nSPS) is 11.1. The van der Waals surface area contributed by atoms with Crippen LogP contribution >= 0.6 is 0 Å². The summed E-state index contributed by atoms with van der Waals surface area (Å²) >= 11 is 0. The van der Waals surface area contributed by atoms with Crippen LogP contribution < -0.4 is 5.73 Å². The summed E-state index contributed by atoms with van der Waals surface area (Å²) in [4.78, 5) is 8.26. The third-order valence-electron chi connectivity index (χ3n) is 3.40. The molecule has 0 atom stereocenters. The summed E-state index contributed by atoms with van der Waals surface area (Å²) in [5, 5.41) is 8.16. The minimum atomic E-state index is 0.304. The molecule has 3 rings (SSSR count).